The minimum atomic E-state index is 0.327. The lowest BCUT2D eigenvalue weighted by atomic mass is 9.47. The summed E-state index contributed by atoms with van der Waals surface area (Å²) >= 11 is 1.94. The summed E-state index contributed by atoms with van der Waals surface area (Å²) in [5, 5.41) is 1.15. The topological polar surface area (TPSA) is 16.1 Å². The highest BCUT2D eigenvalue weighted by molar-refractivity contribution is 7.16. The second kappa shape index (κ2) is 10.1. The Balaban J connectivity index is 1.23. The monoisotopic (exact) mass is 530 g/mol. The number of aromatic nitrogens is 1. The molecule has 0 radical (unpaired) electrons. The Bertz CT molecular complexity index is 1160. The molecule has 6 rings (SSSR count). The van der Waals surface area contributed by atoms with Gasteiger partial charge in [0.1, 0.15) is 0 Å². The summed E-state index contributed by atoms with van der Waals surface area (Å²) in [7, 11) is 2.17. The van der Waals surface area contributed by atoms with E-state index in [1.807, 2.05) is 11.3 Å². The van der Waals surface area contributed by atoms with E-state index < -0.39 is 0 Å². The molecule has 2 aromatic rings. The van der Waals surface area contributed by atoms with E-state index in [9.17, 15) is 0 Å². The Kier molecular flexibility index (Phi) is 7.07. The molecule has 2 saturated carbocycles. The van der Waals surface area contributed by atoms with Gasteiger partial charge >= 0.3 is 0 Å². The molecule has 1 heterocycles. The van der Waals surface area contributed by atoms with Crippen molar-refractivity contribution >= 4 is 27.7 Å². The third-order valence-electron chi connectivity index (χ3n) is 11.9. The highest BCUT2D eigenvalue weighted by Gasteiger charge is 2.59. The number of anilines is 2. The van der Waals surface area contributed by atoms with E-state index in [-0.39, 0.29) is 0 Å². The molecule has 206 valence electrons. The predicted octanol–water partition coefficient (Wildman–Crippen LogP) is 10.2. The van der Waals surface area contributed by atoms with Gasteiger partial charge in [-0.05, 0) is 109 Å². The number of aryl methyl sites for hydroxylation is 1. The summed E-state index contributed by atoms with van der Waals surface area (Å²) < 4.78 is 0. The van der Waals surface area contributed by atoms with Crippen molar-refractivity contribution in [2.45, 2.75) is 98.8 Å². The van der Waals surface area contributed by atoms with Gasteiger partial charge < -0.3 is 4.90 Å². The predicted molar refractivity (Wildman–Crippen MR) is 164 cm³/mol. The standard InChI is InChI=1S/C35H50N2S/c1-23(2)11-10-12-24(3)27-17-18-28-26-15-16-30-32-31(20-22-35(30,5)29(26)19-21-34(27,28)4)36-33(38-32)37(6)25-13-8-7-9-14-25/h7-9,13-14,16,23-24,26-29H,10-12,15,17-22H2,1-6H3/t24-,26+,27-,28+,29+,34-,35-/m1/s1. The van der Waals surface area contributed by atoms with E-state index >= 15 is 0 Å². The molecule has 1 aromatic heterocycles. The Labute approximate surface area is 236 Å². The zero-order valence-corrected chi connectivity index (χ0v) is 25.6. The summed E-state index contributed by atoms with van der Waals surface area (Å²) in [4.78, 5) is 8.97. The van der Waals surface area contributed by atoms with E-state index in [0.29, 0.717) is 10.8 Å². The Morgan fingerprint density at radius 3 is 2.55 bits per heavy atom. The van der Waals surface area contributed by atoms with Gasteiger partial charge in [0.05, 0.1) is 10.6 Å². The molecular formula is C35H50N2S. The number of fused-ring (bicyclic) bond motifs is 7. The van der Waals surface area contributed by atoms with E-state index in [1.165, 1.54) is 74.0 Å². The fourth-order valence-electron chi connectivity index (χ4n) is 9.79. The van der Waals surface area contributed by atoms with Crippen LogP contribution in [0.25, 0.3) is 5.57 Å². The first kappa shape index (κ1) is 26.6. The summed E-state index contributed by atoms with van der Waals surface area (Å²) in [5.41, 5.74) is 5.13. The van der Waals surface area contributed by atoms with Crippen LogP contribution in [0.2, 0.25) is 0 Å². The lowest BCUT2D eigenvalue weighted by Crippen LogP contribution is -2.49. The molecule has 4 aliphatic carbocycles. The van der Waals surface area contributed by atoms with Crippen molar-refractivity contribution in [3.05, 3.63) is 47.0 Å². The summed E-state index contributed by atoms with van der Waals surface area (Å²) in [6.07, 6.45) is 16.5. The van der Waals surface area contributed by atoms with Gasteiger partial charge in [0, 0.05) is 12.7 Å². The average Bonchev–Trinajstić information content (AvgIpc) is 3.49. The van der Waals surface area contributed by atoms with Crippen LogP contribution < -0.4 is 4.90 Å². The van der Waals surface area contributed by atoms with Gasteiger partial charge in [-0.1, -0.05) is 89.5 Å². The first-order valence-corrected chi connectivity index (χ1v) is 16.5. The molecular weight excluding hydrogens is 480 g/mol. The van der Waals surface area contributed by atoms with Crippen molar-refractivity contribution in [2.24, 2.45) is 46.3 Å². The van der Waals surface area contributed by atoms with Crippen LogP contribution in [0.4, 0.5) is 10.8 Å². The molecule has 1 aromatic carbocycles. The normalized spacial score (nSPS) is 34.7. The summed E-state index contributed by atoms with van der Waals surface area (Å²) in [6, 6.07) is 10.7. The fraction of sp³-hybridized carbons (Fsp3) is 0.686. The quantitative estimate of drug-likeness (QED) is 0.354. The Morgan fingerprint density at radius 1 is 1.00 bits per heavy atom. The SMILES string of the molecule is CC(C)CCC[C@@H](C)[C@H]1CC[C@H]2[C@@H]3CC=C4c5sc(N(C)c6ccccc6)nc5CC[C@]4(C)[C@H]3CC[C@]12C. The van der Waals surface area contributed by atoms with Gasteiger partial charge in [-0.3, -0.25) is 0 Å². The number of nitrogens with zero attached hydrogens (tertiary/aromatic N) is 2. The smallest absolute Gasteiger partial charge is 0.190 e. The number of rotatable bonds is 7. The van der Waals surface area contributed by atoms with Gasteiger partial charge in [-0.2, -0.15) is 0 Å². The van der Waals surface area contributed by atoms with E-state index in [4.69, 9.17) is 4.98 Å². The van der Waals surface area contributed by atoms with Crippen LogP contribution in [-0.4, -0.2) is 12.0 Å². The molecule has 2 nitrogen and oxygen atoms in total. The van der Waals surface area contributed by atoms with Crippen LogP contribution >= 0.6 is 11.3 Å². The second-order valence-electron chi connectivity index (χ2n) is 14.3. The van der Waals surface area contributed by atoms with Gasteiger partial charge in [0.25, 0.3) is 0 Å². The van der Waals surface area contributed by atoms with Gasteiger partial charge in [-0.25, -0.2) is 4.98 Å². The van der Waals surface area contributed by atoms with Crippen molar-refractivity contribution < 1.29 is 0 Å². The van der Waals surface area contributed by atoms with Crippen molar-refractivity contribution in [2.75, 3.05) is 11.9 Å². The van der Waals surface area contributed by atoms with Crippen LogP contribution in [0.1, 0.15) is 103 Å². The lowest BCUT2D eigenvalue weighted by Gasteiger charge is -2.57. The number of thiazole rings is 1. The molecule has 0 unspecified atom stereocenters. The van der Waals surface area contributed by atoms with Crippen LogP contribution in [0, 0.1) is 46.3 Å². The third kappa shape index (κ3) is 4.30. The Hall–Kier alpha value is -1.61. The Morgan fingerprint density at radius 2 is 1.79 bits per heavy atom. The number of hydrogen-bond acceptors (Lipinski definition) is 3. The number of allylic oxidation sites excluding steroid dienone is 2. The molecule has 3 heteroatoms. The van der Waals surface area contributed by atoms with Crippen LogP contribution in [-0.2, 0) is 6.42 Å². The number of para-hydroxylation sites is 1. The molecule has 0 saturated heterocycles. The molecule has 0 spiro atoms. The van der Waals surface area contributed by atoms with E-state index in [2.05, 4.69) is 83.0 Å². The molecule has 0 N–H and O–H groups in total. The lowest BCUT2D eigenvalue weighted by molar-refractivity contribution is -0.0392. The average molecular weight is 531 g/mol. The summed E-state index contributed by atoms with van der Waals surface area (Å²) in [5.74, 6) is 5.33. The van der Waals surface area contributed by atoms with Crippen molar-refractivity contribution in [1.82, 2.24) is 4.98 Å². The van der Waals surface area contributed by atoms with Gasteiger partial charge in [0.15, 0.2) is 5.13 Å². The highest BCUT2D eigenvalue weighted by Crippen LogP contribution is 2.68. The highest BCUT2D eigenvalue weighted by atomic mass is 32.1. The van der Waals surface area contributed by atoms with Crippen molar-refractivity contribution in [3.8, 4) is 0 Å². The zero-order valence-electron chi connectivity index (χ0n) is 24.8. The fourth-order valence-corrected chi connectivity index (χ4v) is 11.1. The van der Waals surface area contributed by atoms with Gasteiger partial charge in [-0.15, -0.1) is 0 Å². The minimum Gasteiger partial charge on any atom is -0.321 e. The third-order valence-corrected chi connectivity index (χ3v) is 13.1. The molecule has 38 heavy (non-hydrogen) atoms. The minimum absolute atomic E-state index is 0.327. The van der Waals surface area contributed by atoms with Crippen molar-refractivity contribution in [3.63, 3.8) is 0 Å². The molecule has 0 amide bonds. The molecule has 2 fully saturated rings. The molecule has 4 aliphatic rings. The maximum absolute atomic E-state index is 5.19. The molecule has 0 aliphatic heterocycles. The molecule has 7 atom stereocenters. The second-order valence-corrected chi connectivity index (χ2v) is 15.3. The number of hydrogen-bond donors (Lipinski definition) is 0. The molecule has 0 bridgehead atoms. The van der Waals surface area contributed by atoms with Gasteiger partial charge in [0.2, 0.25) is 0 Å². The van der Waals surface area contributed by atoms with E-state index in [0.717, 1.165) is 47.1 Å². The maximum Gasteiger partial charge on any atom is 0.190 e. The first-order valence-electron chi connectivity index (χ1n) is 15.7. The van der Waals surface area contributed by atoms with Crippen molar-refractivity contribution in [1.29, 1.82) is 0 Å². The maximum atomic E-state index is 5.19. The van der Waals surface area contributed by atoms with Crippen LogP contribution in [0.5, 0.6) is 0 Å². The summed E-state index contributed by atoms with van der Waals surface area (Å²) in [6.45, 7) is 12.7. The largest absolute Gasteiger partial charge is 0.321 e. The number of benzene rings is 1. The first-order chi connectivity index (χ1) is 18.2. The van der Waals surface area contributed by atoms with Crippen LogP contribution in [0.15, 0.2) is 36.4 Å². The zero-order chi connectivity index (χ0) is 26.7. The van der Waals surface area contributed by atoms with Crippen LogP contribution in [0.3, 0.4) is 0 Å². The van der Waals surface area contributed by atoms with E-state index in [1.54, 1.807) is 5.57 Å².